The molecule has 1 unspecified atom stereocenters. The molecule has 1 atom stereocenters. The number of hydrogen-bond donors (Lipinski definition) is 1. The van der Waals surface area contributed by atoms with E-state index >= 15 is 0 Å². The Hall–Kier alpha value is -2.74. The molecule has 0 aromatic heterocycles. The minimum Gasteiger partial charge on any atom is -0.361 e. The Kier molecular flexibility index (Phi) is 2.51. The zero-order chi connectivity index (χ0) is 14.4. The van der Waals surface area contributed by atoms with Gasteiger partial charge in [-0.15, -0.1) is 0 Å². The summed E-state index contributed by atoms with van der Waals surface area (Å²) in [5.41, 5.74) is 4.45. The van der Waals surface area contributed by atoms with E-state index in [9.17, 15) is 0 Å². The van der Waals surface area contributed by atoms with Gasteiger partial charge in [0.25, 0.3) is 0 Å². The van der Waals surface area contributed by atoms with E-state index in [2.05, 4.69) is 78.1 Å². The lowest BCUT2D eigenvalue weighted by Gasteiger charge is -2.41. The van der Waals surface area contributed by atoms with E-state index in [0.29, 0.717) is 0 Å². The van der Waals surface area contributed by atoms with Crippen LogP contribution in [0.1, 0.15) is 5.56 Å². The van der Waals surface area contributed by atoms with Crippen LogP contribution in [0.2, 0.25) is 0 Å². The van der Waals surface area contributed by atoms with E-state index in [4.69, 9.17) is 0 Å². The Morgan fingerprint density at radius 2 is 1.90 bits per heavy atom. The maximum Gasteiger partial charge on any atom is 0.129 e. The number of rotatable bonds is 1. The molecule has 2 nitrogen and oxygen atoms in total. The first kappa shape index (κ1) is 12.0. The molecule has 2 aliphatic heterocycles. The molecule has 0 saturated carbocycles. The van der Waals surface area contributed by atoms with Gasteiger partial charge in [0.05, 0.1) is 5.69 Å². The van der Waals surface area contributed by atoms with E-state index in [-0.39, 0.29) is 6.17 Å². The van der Waals surface area contributed by atoms with E-state index in [1.165, 1.54) is 16.5 Å². The Bertz CT molecular complexity index is 827. The predicted octanol–water partition coefficient (Wildman–Crippen LogP) is 4.19. The molecule has 1 N–H and O–H groups in total. The molecule has 0 fully saturated rings. The Balaban J connectivity index is 1.95. The first-order chi connectivity index (χ1) is 10.3. The average Bonchev–Trinajstić information content (AvgIpc) is 2.53. The fourth-order valence-electron chi connectivity index (χ4n) is 3.06. The second-order valence-electron chi connectivity index (χ2n) is 5.36. The normalized spacial score (nSPS) is 19.6. The molecular formula is C19H16N2. The number of fused-ring (bicyclic) bond motifs is 4. The molecule has 2 aromatic rings. The minimum absolute atomic E-state index is 0.0775. The third-order valence-electron chi connectivity index (χ3n) is 4.14. The van der Waals surface area contributed by atoms with Crippen LogP contribution < -0.4 is 10.2 Å². The van der Waals surface area contributed by atoms with Gasteiger partial charge in [0.2, 0.25) is 0 Å². The SMILES string of the molecule is C=CC1=CC=CN2c3cc4ccccc4cc3C(=C)NC12. The highest BCUT2D eigenvalue weighted by Gasteiger charge is 2.29. The van der Waals surface area contributed by atoms with Crippen LogP contribution in [0.25, 0.3) is 16.5 Å². The highest BCUT2D eigenvalue weighted by molar-refractivity contribution is 5.94. The van der Waals surface area contributed by atoms with Gasteiger partial charge in [-0.2, -0.15) is 0 Å². The van der Waals surface area contributed by atoms with Crippen LogP contribution in [-0.2, 0) is 0 Å². The molecule has 2 heterocycles. The number of nitrogens with one attached hydrogen (secondary N) is 1. The standard InChI is InChI=1S/C19H16N2/c1-3-14-9-6-10-21-18-12-16-8-5-4-7-15(16)11-17(18)13(2)20-19(14)21/h3-12,19-20H,1-2H2. The van der Waals surface area contributed by atoms with Crippen molar-refractivity contribution in [2.24, 2.45) is 0 Å². The minimum atomic E-state index is 0.0775. The van der Waals surface area contributed by atoms with Crippen LogP contribution in [0.15, 0.2) is 79.6 Å². The van der Waals surface area contributed by atoms with Gasteiger partial charge >= 0.3 is 0 Å². The summed E-state index contributed by atoms with van der Waals surface area (Å²) in [7, 11) is 0. The third kappa shape index (κ3) is 1.73. The Labute approximate surface area is 124 Å². The summed E-state index contributed by atoms with van der Waals surface area (Å²) in [6.45, 7) is 8.11. The first-order valence-electron chi connectivity index (χ1n) is 7.06. The van der Waals surface area contributed by atoms with Crippen molar-refractivity contribution in [2.75, 3.05) is 4.90 Å². The van der Waals surface area contributed by atoms with Crippen molar-refractivity contribution in [1.82, 2.24) is 5.32 Å². The summed E-state index contributed by atoms with van der Waals surface area (Å²) in [4.78, 5) is 2.24. The molecule has 4 rings (SSSR count). The maximum atomic E-state index is 4.20. The molecule has 2 heteroatoms. The van der Waals surface area contributed by atoms with Gasteiger partial charge in [0.15, 0.2) is 0 Å². The second kappa shape index (κ2) is 4.38. The van der Waals surface area contributed by atoms with Crippen molar-refractivity contribution < 1.29 is 0 Å². The monoisotopic (exact) mass is 272 g/mol. The van der Waals surface area contributed by atoms with Crippen molar-refractivity contribution in [3.05, 3.63) is 85.1 Å². The molecule has 102 valence electrons. The Morgan fingerprint density at radius 3 is 2.67 bits per heavy atom. The summed E-state index contributed by atoms with van der Waals surface area (Å²) in [6, 6.07) is 12.9. The van der Waals surface area contributed by atoms with Gasteiger partial charge in [-0.05, 0) is 34.6 Å². The predicted molar refractivity (Wildman–Crippen MR) is 89.8 cm³/mol. The van der Waals surface area contributed by atoms with Crippen molar-refractivity contribution in [3.8, 4) is 0 Å². The maximum absolute atomic E-state index is 4.20. The van der Waals surface area contributed by atoms with Crippen LogP contribution in [-0.4, -0.2) is 6.17 Å². The number of nitrogens with zero attached hydrogens (tertiary/aromatic N) is 1. The largest absolute Gasteiger partial charge is 0.361 e. The zero-order valence-electron chi connectivity index (χ0n) is 11.7. The number of anilines is 1. The van der Waals surface area contributed by atoms with Crippen LogP contribution in [0.4, 0.5) is 5.69 Å². The van der Waals surface area contributed by atoms with Crippen molar-refractivity contribution in [2.45, 2.75) is 6.17 Å². The third-order valence-corrected chi connectivity index (χ3v) is 4.14. The number of benzene rings is 2. The van der Waals surface area contributed by atoms with Crippen LogP contribution in [0.3, 0.4) is 0 Å². The zero-order valence-corrected chi connectivity index (χ0v) is 11.7. The summed E-state index contributed by atoms with van der Waals surface area (Å²) in [5, 5.41) is 5.96. The van der Waals surface area contributed by atoms with Gasteiger partial charge in [-0.25, -0.2) is 0 Å². The molecule has 0 amide bonds. The number of hydrogen-bond acceptors (Lipinski definition) is 2. The summed E-state index contributed by atoms with van der Waals surface area (Å²) in [5.74, 6) is 0. The molecule has 2 aliphatic rings. The van der Waals surface area contributed by atoms with Gasteiger partial charge in [0.1, 0.15) is 6.17 Å². The molecule has 0 spiro atoms. The summed E-state index contributed by atoms with van der Waals surface area (Å²) >= 11 is 0. The lowest BCUT2D eigenvalue weighted by molar-refractivity contribution is 0.671. The highest BCUT2D eigenvalue weighted by atomic mass is 15.3. The quantitative estimate of drug-likeness (QED) is 0.837. The van der Waals surface area contributed by atoms with E-state index in [1.54, 1.807) is 0 Å². The van der Waals surface area contributed by atoms with Gasteiger partial charge in [0, 0.05) is 17.5 Å². The molecule has 0 bridgehead atoms. The highest BCUT2D eigenvalue weighted by Crippen LogP contribution is 2.37. The van der Waals surface area contributed by atoms with Crippen molar-refractivity contribution in [3.63, 3.8) is 0 Å². The van der Waals surface area contributed by atoms with E-state index in [0.717, 1.165) is 16.8 Å². The number of allylic oxidation sites excluding steroid dienone is 2. The van der Waals surface area contributed by atoms with E-state index < -0.39 is 0 Å². The smallest absolute Gasteiger partial charge is 0.129 e. The van der Waals surface area contributed by atoms with Gasteiger partial charge < -0.3 is 10.2 Å². The fourth-order valence-corrected chi connectivity index (χ4v) is 3.06. The summed E-state index contributed by atoms with van der Waals surface area (Å²) in [6.07, 6.45) is 8.22. The Morgan fingerprint density at radius 1 is 1.14 bits per heavy atom. The van der Waals surface area contributed by atoms with E-state index in [1.807, 2.05) is 6.08 Å². The second-order valence-corrected chi connectivity index (χ2v) is 5.36. The lowest BCUT2D eigenvalue weighted by Crippen LogP contribution is -2.47. The molecular weight excluding hydrogens is 256 g/mol. The van der Waals surface area contributed by atoms with Gasteiger partial charge in [-0.3, -0.25) is 0 Å². The topological polar surface area (TPSA) is 15.3 Å². The molecule has 0 radical (unpaired) electrons. The van der Waals surface area contributed by atoms with Crippen molar-refractivity contribution in [1.29, 1.82) is 0 Å². The fraction of sp³-hybridized carbons (Fsp3) is 0.0526. The lowest BCUT2D eigenvalue weighted by atomic mass is 9.97. The molecule has 0 saturated heterocycles. The van der Waals surface area contributed by atoms with Crippen molar-refractivity contribution >= 4 is 22.2 Å². The molecule has 21 heavy (non-hydrogen) atoms. The first-order valence-corrected chi connectivity index (χ1v) is 7.06. The van der Waals surface area contributed by atoms with Gasteiger partial charge in [-0.1, -0.05) is 49.6 Å². The summed E-state index contributed by atoms with van der Waals surface area (Å²) < 4.78 is 0. The van der Waals surface area contributed by atoms with Crippen LogP contribution >= 0.6 is 0 Å². The van der Waals surface area contributed by atoms with Crippen LogP contribution in [0, 0.1) is 0 Å². The molecule has 0 aliphatic carbocycles. The van der Waals surface area contributed by atoms with Crippen LogP contribution in [0.5, 0.6) is 0 Å². The molecule has 2 aromatic carbocycles. The average molecular weight is 272 g/mol.